The van der Waals surface area contributed by atoms with E-state index in [1.807, 2.05) is 37.3 Å². The van der Waals surface area contributed by atoms with Crippen LogP contribution in [0.15, 0.2) is 57.2 Å². The predicted molar refractivity (Wildman–Crippen MR) is 98.5 cm³/mol. The summed E-state index contributed by atoms with van der Waals surface area (Å²) in [6.45, 7) is 1.71. The summed E-state index contributed by atoms with van der Waals surface area (Å²) < 4.78 is 7.84. The summed E-state index contributed by atoms with van der Waals surface area (Å²) in [5, 5.41) is 18.6. The molecule has 3 aromatic rings. The third-order valence-corrected chi connectivity index (χ3v) is 4.21. The number of hydrogen-bond donors (Lipinski definition) is 1. The molecule has 0 spiro atoms. The number of aromatic hydroxyl groups is 1. The molecule has 1 heterocycles. The zero-order valence-corrected chi connectivity index (χ0v) is 15.3. The Morgan fingerprint density at radius 3 is 2.84 bits per heavy atom. The second-order valence-electron chi connectivity index (χ2n) is 5.59. The number of azo groups is 1. The summed E-state index contributed by atoms with van der Waals surface area (Å²) in [6.07, 6.45) is 0. The maximum atomic E-state index is 11.9. The van der Waals surface area contributed by atoms with Crippen LogP contribution in [0.3, 0.4) is 0 Å². The van der Waals surface area contributed by atoms with Gasteiger partial charge in [-0.1, -0.05) is 33.6 Å². The monoisotopic (exact) mass is 401 g/mol. The molecule has 0 atom stereocenters. The van der Waals surface area contributed by atoms with Crippen molar-refractivity contribution < 1.29 is 14.6 Å². The van der Waals surface area contributed by atoms with Gasteiger partial charge in [-0.25, -0.2) is 0 Å². The highest BCUT2D eigenvalue weighted by atomic mass is 79.9. The van der Waals surface area contributed by atoms with E-state index in [1.165, 1.54) is 0 Å². The molecule has 1 amide bonds. The van der Waals surface area contributed by atoms with Gasteiger partial charge in [0.05, 0.1) is 5.52 Å². The number of fused-ring (bicyclic) bond motifs is 1. The number of nitrogens with zero attached hydrogens (tertiary/aromatic N) is 3. The van der Waals surface area contributed by atoms with Crippen molar-refractivity contribution in [2.75, 3.05) is 6.61 Å². The second-order valence-corrected chi connectivity index (χ2v) is 6.51. The van der Waals surface area contributed by atoms with Gasteiger partial charge < -0.3 is 14.4 Å². The van der Waals surface area contributed by atoms with Crippen LogP contribution in [0.1, 0.15) is 5.56 Å². The number of carbonyl (C=O) groups excluding carboxylic acids is 1. The number of aromatic nitrogens is 1. The lowest BCUT2D eigenvalue weighted by molar-refractivity contribution is -0.120. The van der Waals surface area contributed by atoms with Crippen LogP contribution in [0.4, 0.5) is 5.69 Å². The molecule has 0 unspecified atom stereocenters. The smallest absolute Gasteiger partial charge is 0.302 e. The molecule has 0 saturated heterocycles. The number of hydrogen-bond acceptors (Lipinski definition) is 4. The first-order valence-electron chi connectivity index (χ1n) is 7.56. The molecule has 0 aliphatic carbocycles. The van der Waals surface area contributed by atoms with Gasteiger partial charge in [0.1, 0.15) is 5.75 Å². The molecule has 0 fully saturated rings. The minimum Gasteiger partial charge on any atom is -0.493 e. The largest absolute Gasteiger partial charge is 0.493 e. The molecule has 128 valence electrons. The zero-order valence-electron chi connectivity index (χ0n) is 13.7. The van der Waals surface area contributed by atoms with E-state index < -0.39 is 5.91 Å². The Balaban J connectivity index is 1.77. The van der Waals surface area contributed by atoms with Crippen molar-refractivity contribution in [2.45, 2.75) is 6.92 Å². The fourth-order valence-corrected chi connectivity index (χ4v) is 2.84. The van der Waals surface area contributed by atoms with Gasteiger partial charge >= 0.3 is 5.91 Å². The lowest BCUT2D eigenvalue weighted by Gasteiger charge is -2.02. The summed E-state index contributed by atoms with van der Waals surface area (Å²) in [7, 11) is 1.73. The normalized spacial score (nSPS) is 11.3. The molecule has 2 aromatic carbocycles. The number of ether oxygens (including phenoxy) is 1. The highest BCUT2D eigenvalue weighted by Gasteiger charge is 2.14. The SMILES string of the molecule is Cc1ccc2c(c1)c(N=NC(=O)COc1cccc(Br)c1)c(O)n2C. The molecule has 7 heteroatoms. The Morgan fingerprint density at radius 1 is 1.28 bits per heavy atom. The van der Waals surface area contributed by atoms with Crippen LogP contribution in [-0.2, 0) is 11.8 Å². The number of halogens is 1. The number of aryl methyl sites for hydroxylation is 2. The number of carbonyl (C=O) groups is 1. The maximum Gasteiger partial charge on any atom is 0.302 e. The Hall–Kier alpha value is -2.67. The molecular weight excluding hydrogens is 386 g/mol. The van der Waals surface area contributed by atoms with Crippen molar-refractivity contribution in [1.29, 1.82) is 0 Å². The quantitative estimate of drug-likeness (QED) is 0.646. The van der Waals surface area contributed by atoms with E-state index >= 15 is 0 Å². The van der Waals surface area contributed by atoms with Crippen molar-refractivity contribution in [3.8, 4) is 11.6 Å². The average Bonchev–Trinajstić information content (AvgIpc) is 2.82. The van der Waals surface area contributed by atoms with E-state index in [2.05, 4.69) is 26.2 Å². The van der Waals surface area contributed by atoms with Crippen molar-refractivity contribution in [3.05, 3.63) is 52.5 Å². The van der Waals surface area contributed by atoms with Crippen molar-refractivity contribution in [3.63, 3.8) is 0 Å². The fraction of sp³-hybridized carbons (Fsp3) is 0.167. The van der Waals surface area contributed by atoms with Crippen LogP contribution in [0.5, 0.6) is 11.6 Å². The van der Waals surface area contributed by atoms with Crippen LogP contribution in [-0.4, -0.2) is 22.2 Å². The van der Waals surface area contributed by atoms with Crippen molar-refractivity contribution in [1.82, 2.24) is 4.57 Å². The summed E-state index contributed by atoms with van der Waals surface area (Å²) in [6, 6.07) is 12.9. The van der Waals surface area contributed by atoms with E-state index in [0.29, 0.717) is 5.75 Å². The van der Waals surface area contributed by atoms with Crippen LogP contribution in [0.2, 0.25) is 0 Å². The molecule has 6 nitrogen and oxygen atoms in total. The minimum absolute atomic E-state index is 0.0370. The molecule has 0 radical (unpaired) electrons. The Kier molecular flexibility index (Phi) is 4.85. The first kappa shape index (κ1) is 17.2. The van der Waals surface area contributed by atoms with E-state index in [0.717, 1.165) is 20.9 Å². The number of benzene rings is 2. The average molecular weight is 402 g/mol. The topological polar surface area (TPSA) is 76.2 Å². The third-order valence-electron chi connectivity index (χ3n) is 3.72. The molecule has 0 saturated carbocycles. The molecule has 3 rings (SSSR count). The lowest BCUT2D eigenvalue weighted by Crippen LogP contribution is -2.07. The highest BCUT2D eigenvalue weighted by molar-refractivity contribution is 9.10. The molecular formula is C18H16BrN3O3. The van der Waals surface area contributed by atoms with Gasteiger partial charge in [-0.15, -0.1) is 10.2 Å². The van der Waals surface area contributed by atoms with Gasteiger partial charge in [0.15, 0.2) is 12.3 Å². The summed E-state index contributed by atoms with van der Waals surface area (Å²) in [5.74, 6) is -0.0179. The van der Waals surface area contributed by atoms with E-state index in [9.17, 15) is 9.90 Å². The molecule has 0 bridgehead atoms. The van der Waals surface area contributed by atoms with Crippen LogP contribution in [0.25, 0.3) is 10.9 Å². The third kappa shape index (κ3) is 3.71. The number of amides is 1. The Morgan fingerprint density at radius 2 is 2.08 bits per heavy atom. The molecule has 0 aliphatic heterocycles. The molecule has 0 aliphatic rings. The van der Waals surface area contributed by atoms with Crippen LogP contribution in [0, 0.1) is 6.92 Å². The lowest BCUT2D eigenvalue weighted by atomic mass is 10.1. The molecule has 25 heavy (non-hydrogen) atoms. The predicted octanol–water partition coefficient (Wildman–Crippen LogP) is 4.64. The van der Waals surface area contributed by atoms with E-state index in [1.54, 1.807) is 23.7 Å². The minimum atomic E-state index is -0.538. The maximum absolute atomic E-state index is 11.9. The highest BCUT2D eigenvalue weighted by Crippen LogP contribution is 2.38. The van der Waals surface area contributed by atoms with Gasteiger partial charge in [-0.2, -0.15) is 0 Å². The Labute approximate surface area is 152 Å². The standard InChI is InChI=1S/C18H16BrN3O3/c1-11-6-7-15-14(8-11)17(18(24)22(15)2)21-20-16(23)10-25-13-5-3-4-12(19)9-13/h3-9,24H,10H2,1-2H3. The summed E-state index contributed by atoms with van der Waals surface area (Å²) >= 11 is 3.33. The van der Waals surface area contributed by atoms with Gasteiger partial charge in [0.2, 0.25) is 5.88 Å². The fourth-order valence-electron chi connectivity index (χ4n) is 2.46. The number of rotatable bonds is 4. The first-order chi connectivity index (χ1) is 12.0. The van der Waals surface area contributed by atoms with E-state index in [-0.39, 0.29) is 18.2 Å². The second kappa shape index (κ2) is 7.06. The van der Waals surface area contributed by atoms with Gasteiger partial charge in [-0.3, -0.25) is 4.79 Å². The zero-order chi connectivity index (χ0) is 18.0. The van der Waals surface area contributed by atoms with Gasteiger partial charge in [0.25, 0.3) is 0 Å². The van der Waals surface area contributed by atoms with Crippen molar-refractivity contribution in [2.24, 2.45) is 17.3 Å². The van der Waals surface area contributed by atoms with Crippen LogP contribution < -0.4 is 4.74 Å². The van der Waals surface area contributed by atoms with E-state index in [4.69, 9.17) is 4.74 Å². The molecule has 1 N–H and O–H groups in total. The molecule has 1 aromatic heterocycles. The first-order valence-corrected chi connectivity index (χ1v) is 8.36. The van der Waals surface area contributed by atoms with Crippen molar-refractivity contribution >= 4 is 38.4 Å². The Bertz CT molecular complexity index is 979. The van der Waals surface area contributed by atoms with Gasteiger partial charge in [0, 0.05) is 16.9 Å². The summed E-state index contributed by atoms with van der Waals surface area (Å²) in [5.41, 5.74) is 2.12. The summed E-state index contributed by atoms with van der Waals surface area (Å²) in [4.78, 5) is 11.9. The van der Waals surface area contributed by atoms with Gasteiger partial charge in [-0.05, 0) is 37.3 Å². The van der Waals surface area contributed by atoms with Crippen LogP contribution >= 0.6 is 15.9 Å².